The third-order valence-corrected chi connectivity index (χ3v) is 5.13. The zero-order valence-electron chi connectivity index (χ0n) is 17.0. The number of rotatable bonds is 5. The van der Waals surface area contributed by atoms with E-state index in [0.717, 1.165) is 28.2 Å². The zero-order chi connectivity index (χ0) is 22.1. The van der Waals surface area contributed by atoms with Gasteiger partial charge in [0.15, 0.2) is 0 Å². The van der Waals surface area contributed by atoms with Gasteiger partial charge < -0.3 is 4.42 Å². The standard InChI is InChI=1S/C24H17N5O3/c1-16-21(24-26-25-23(32-24)18-12-14-20(15-13-18)29(30)31)22(17-8-4-2-5-9-17)27-28(16)19-10-6-3-7-11-19/h2-15H,1H3. The van der Waals surface area contributed by atoms with Crippen LogP contribution in [0.4, 0.5) is 5.69 Å². The molecule has 0 fully saturated rings. The highest BCUT2D eigenvalue weighted by Gasteiger charge is 2.24. The molecule has 0 aliphatic rings. The van der Waals surface area contributed by atoms with Gasteiger partial charge in [-0.25, -0.2) is 4.68 Å². The first kappa shape index (κ1) is 19.4. The number of para-hydroxylation sites is 1. The smallest absolute Gasteiger partial charge is 0.269 e. The molecule has 0 saturated heterocycles. The number of hydrogen-bond acceptors (Lipinski definition) is 6. The Hall–Kier alpha value is -4.59. The SMILES string of the molecule is Cc1c(-c2nnc(-c3ccc([N+](=O)[O-])cc3)o2)c(-c2ccccc2)nn1-c1ccccc1. The molecule has 0 N–H and O–H groups in total. The summed E-state index contributed by atoms with van der Waals surface area (Å²) in [5, 5.41) is 24.2. The molecule has 5 rings (SSSR count). The third-order valence-electron chi connectivity index (χ3n) is 5.13. The van der Waals surface area contributed by atoms with Crippen molar-refractivity contribution >= 4 is 5.69 Å². The van der Waals surface area contributed by atoms with Crippen molar-refractivity contribution in [1.82, 2.24) is 20.0 Å². The highest BCUT2D eigenvalue weighted by molar-refractivity contribution is 5.79. The minimum atomic E-state index is -0.448. The molecule has 0 saturated carbocycles. The number of nitro benzene ring substituents is 1. The molecule has 0 amide bonds. The van der Waals surface area contributed by atoms with Gasteiger partial charge >= 0.3 is 0 Å². The molecule has 0 radical (unpaired) electrons. The number of nitro groups is 1. The van der Waals surface area contributed by atoms with E-state index in [0.29, 0.717) is 11.5 Å². The summed E-state index contributed by atoms with van der Waals surface area (Å²) in [6.45, 7) is 1.96. The Morgan fingerprint density at radius 3 is 2.09 bits per heavy atom. The fourth-order valence-corrected chi connectivity index (χ4v) is 3.54. The number of nitrogens with zero attached hydrogens (tertiary/aromatic N) is 5. The first-order chi connectivity index (χ1) is 15.6. The second-order valence-corrected chi connectivity index (χ2v) is 7.14. The Balaban J connectivity index is 1.63. The van der Waals surface area contributed by atoms with E-state index in [2.05, 4.69) is 10.2 Å². The van der Waals surface area contributed by atoms with Gasteiger partial charge in [0.2, 0.25) is 5.89 Å². The van der Waals surface area contributed by atoms with Crippen LogP contribution in [0.15, 0.2) is 89.3 Å². The molecule has 8 heteroatoms. The summed E-state index contributed by atoms with van der Waals surface area (Å²) in [5.74, 6) is 0.609. The number of aromatic nitrogens is 4. The van der Waals surface area contributed by atoms with Crippen LogP contribution in [0, 0.1) is 17.0 Å². The van der Waals surface area contributed by atoms with Crippen molar-refractivity contribution in [2.24, 2.45) is 0 Å². The van der Waals surface area contributed by atoms with Crippen LogP contribution in [0.1, 0.15) is 5.69 Å². The molecule has 0 spiro atoms. The number of hydrogen-bond donors (Lipinski definition) is 0. The average molecular weight is 423 g/mol. The quantitative estimate of drug-likeness (QED) is 0.274. The van der Waals surface area contributed by atoms with E-state index in [9.17, 15) is 10.1 Å². The van der Waals surface area contributed by atoms with Crippen LogP contribution in [0.2, 0.25) is 0 Å². The Morgan fingerprint density at radius 2 is 1.44 bits per heavy atom. The molecule has 0 aliphatic carbocycles. The van der Waals surface area contributed by atoms with E-state index in [1.165, 1.54) is 12.1 Å². The molecular weight excluding hydrogens is 406 g/mol. The summed E-state index contributed by atoms with van der Waals surface area (Å²) in [4.78, 5) is 10.5. The number of benzene rings is 3. The molecule has 8 nitrogen and oxygen atoms in total. The second-order valence-electron chi connectivity index (χ2n) is 7.14. The topological polar surface area (TPSA) is 99.9 Å². The molecule has 2 aromatic heterocycles. The zero-order valence-corrected chi connectivity index (χ0v) is 17.0. The monoisotopic (exact) mass is 423 g/mol. The van der Waals surface area contributed by atoms with Gasteiger partial charge in [-0.2, -0.15) is 5.10 Å². The summed E-state index contributed by atoms with van der Waals surface area (Å²) in [5.41, 5.74) is 4.77. The van der Waals surface area contributed by atoms with Crippen LogP contribution in [-0.2, 0) is 0 Å². The van der Waals surface area contributed by atoms with Gasteiger partial charge in [0.1, 0.15) is 5.69 Å². The summed E-state index contributed by atoms with van der Waals surface area (Å²) in [6.07, 6.45) is 0. The molecule has 32 heavy (non-hydrogen) atoms. The fourth-order valence-electron chi connectivity index (χ4n) is 3.54. The molecule has 0 unspecified atom stereocenters. The predicted molar refractivity (Wildman–Crippen MR) is 119 cm³/mol. The van der Waals surface area contributed by atoms with E-state index in [4.69, 9.17) is 9.52 Å². The summed E-state index contributed by atoms with van der Waals surface area (Å²) < 4.78 is 7.86. The van der Waals surface area contributed by atoms with Crippen LogP contribution >= 0.6 is 0 Å². The van der Waals surface area contributed by atoms with Gasteiger partial charge in [0.25, 0.3) is 11.6 Å². The molecule has 0 bridgehead atoms. The van der Waals surface area contributed by atoms with Crippen LogP contribution in [0.5, 0.6) is 0 Å². The van der Waals surface area contributed by atoms with E-state index < -0.39 is 4.92 Å². The third kappa shape index (κ3) is 3.43. The first-order valence-corrected chi connectivity index (χ1v) is 9.91. The van der Waals surface area contributed by atoms with Gasteiger partial charge in [-0.3, -0.25) is 10.1 Å². The normalized spacial score (nSPS) is 10.9. The molecule has 0 aliphatic heterocycles. The highest BCUT2D eigenvalue weighted by atomic mass is 16.6. The van der Waals surface area contributed by atoms with Gasteiger partial charge in [0.05, 0.1) is 21.9 Å². The number of non-ortho nitro benzene ring substituents is 1. The van der Waals surface area contributed by atoms with Crippen molar-refractivity contribution in [2.75, 3.05) is 0 Å². The van der Waals surface area contributed by atoms with Gasteiger partial charge in [0, 0.05) is 23.3 Å². The lowest BCUT2D eigenvalue weighted by atomic mass is 10.1. The molecule has 5 aromatic rings. The molecule has 3 aromatic carbocycles. The first-order valence-electron chi connectivity index (χ1n) is 9.91. The van der Waals surface area contributed by atoms with E-state index >= 15 is 0 Å². The fraction of sp³-hybridized carbons (Fsp3) is 0.0417. The lowest BCUT2D eigenvalue weighted by Crippen LogP contribution is -1.98. The minimum Gasteiger partial charge on any atom is -0.416 e. The van der Waals surface area contributed by atoms with Gasteiger partial charge in [-0.05, 0) is 31.2 Å². The van der Waals surface area contributed by atoms with Crippen molar-refractivity contribution in [1.29, 1.82) is 0 Å². The molecular formula is C24H17N5O3. The van der Waals surface area contributed by atoms with Crippen LogP contribution in [0.25, 0.3) is 39.9 Å². The van der Waals surface area contributed by atoms with Crippen LogP contribution in [0.3, 0.4) is 0 Å². The van der Waals surface area contributed by atoms with Crippen molar-refractivity contribution in [3.05, 3.63) is 101 Å². The van der Waals surface area contributed by atoms with E-state index in [-0.39, 0.29) is 11.6 Å². The summed E-state index contributed by atoms with van der Waals surface area (Å²) >= 11 is 0. The lowest BCUT2D eigenvalue weighted by Gasteiger charge is -2.03. The van der Waals surface area contributed by atoms with Crippen LogP contribution in [-0.4, -0.2) is 24.9 Å². The van der Waals surface area contributed by atoms with Crippen molar-refractivity contribution < 1.29 is 9.34 Å². The summed E-state index contributed by atoms with van der Waals surface area (Å²) in [7, 11) is 0. The Labute approximate surface area is 182 Å². The van der Waals surface area contributed by atoms with Gasteiger partial charge in [-0.1, -0.05) is 48.5 Å². The minimum absolute atomic E-state index is 0.000153. The highest BCUT2D eigenvalue weighted by Crippen LogP contribution is 2.36. The second kappa shape index (κ2) is 7.92. The maximum Gasteiger partial charge on any atom is 0.269 e. The van der Waals surface area contributed by atoms with Gasteiger partial charge in [-0.15, -0.1) is 10.2 Å². The van der Waals surface area contributed by atoms with Crippen molar-refractivity contribution in [3.63, 3.8) is 0 Å². The van der Waals surface area contributed by atoms with E-state index in [1.54, 1.807) is 12.1 Å². The maximum atomic E-state index is 10.9. The molecule has 0 atom stereocenters. The van der Waals surface area contributed by atoms with Crippen molar-refractivity contribution in [2.45, 2.75) is 6.92 Å². The molecule has 2 heterocycles. The summed E-state index contributed by atoms with van der Waals surface area (Å²) in [6, 6.07) is 25.6. The Morgan fingerprint density at radius 1 is 0.812 bits per heavy atom. The Bertz CT molecular complexity index is 1390. The van der Waals surface area contributed by atoms with Crippen molar-refractivity contribution in [3.8, 4) is 39.9 Å². The largest absolute Gasteiger partial charge is 0.416 e. The molecule has 156 valence electrons. The Kier molecular flexibility index (Phi) is 4.79. The average Bonchev–Trinajstić information content (AvgIpc) is 3.45. The predicted octanol–water partition coefficient (Wildman–Crippen LogP) is 5.47. The lowest BCUT2D eigenvalue weighted by molar-refractivity contribution is -0.384. The maximum absolute atomic E-state index is 10.9. The van der Waals surface area contributed by atoms with E-state index in [1.807, 2.05) is 72.3 Å². The van der Waals surface area contributed by atoms with Crippen LogP contribution < -0.4 is 0 Å².